The molecule has 13 nitrogen and oxygen atoms in total. The number of carbonyl (C=O) groups is 4. The summed E-state index contributed by atoms with van der Waals surface area (Å²) in [5, 5.41) is 19.8. The Morgan fingerprint density at radius 1 is 1.43 bits per heavy atom. The number of rotatable bonds is 8. The van der Waals surface area contributed by atoms with E-state index < -0.39 is 29.2 Å². The molecule has 1 saturated heterocycles. The number of aliphatic carboxylic acids is 1. The van der Waals surface area contributed by atoms with Gasteiger partial charge in [-0.15, -0.1) is 34.4 Å². The minimum atomic E-state index is -1.49. The van der Waals surface area contributed by atoms with Gasteiger partial charge < -0.3 is 25.8 Å². The fourth-order valence-corrected chi connectivity index (χ4v) is 6.63. The maximum absolute atomic E-state index is 13.0. The maximum Gasteiger partial charge on any atom is 0.276 e. The molecule has 0 spiro atoms. The number of nitrogens with zero attached hydrogens (tertiary/aromatic N) is 5. The molecule has 0 aromatic carbocycles. The van der Waals surface area contributed by atoms with E-state index in [9.17, 15) is 24.3 Å². The number of nitrogens with one attached hydrogen (secondary N) is 1. The van der Waals surface area contributed by atoms with E-state index in [1.54, 1.807) is 23.0 Å². The van der Waals surface area contributed by atoms with Crippen molar-refractivity contribution in [1.29, 1.82) is 0 Å². The zero-order valence-corrected chi connectivity index (χ0v) is 21.4. The van der Waals surface area contributed by atoms with Gasteiger partial charge in [0.05, 0.1) is 16.4 Å². The number of aromatic nitrogens is 3. The van der Waals surface area contributed by atoms with Crippen LogP contribution in [0.4, 0.5) is 5.13 Å². The minimum absolute atomic E-state index is 0.162. The summed E-state index contributed by atoms with van der Waals surface area (Å²) in [7, 11) is 1.26. The van der Waals surface area contributed by atoms with Crippen LogP contribution in [0.1, 0.15) is 15.5 Å². The number of hydrogen-bond acceptors (Lipinski definition) is 13. The van der Waals surface area contributed by atoms with Crippen LogP contribution in [0.2, 0.25) is 0 Å². The zero-order chi connectivity index (χ0) is 26.3. The number of oxime groups is 1. The summed E-state index contributed by atoms with van der Waals surface area (Å²) in [5.41, 5.74) is 6.51. The Labute approximate surface area is 220 Å². The second-order valence-electron chi connectivity index (χ2n) is 7.83. The third-order valence-electron chi connectivity index (χ3n) is 5.57. The molecule has 0 aliphatic carbocycles. The van der Waals surface area contributed by atoms with E-state index >= 15 is 0 Å². The number of anilines is 1. The molecule has 37 heavy (non-hydrogen) atoms. The number of aldehydes is 1. The summed E-state index contributed by atoms with van der Waals surface area (Å²) >= 11 is 3.68. The number of pyridine rings is 1. The zero-order valence-electron chi connectivity index (χ0n) is 18.9. The number of nitrogen functional groups attached to an aromatic ring is 1. The number of thiazole rings is 2. The first kappa shape index (κ1) is 24.8. The number of hydrogen-bond donors (Lipinski definition) is 2. The first-order valence-electron chi connectivity index (χ1n) is 10.6. The van der Waals surface area contributed by atoms with Crippen molar-refractivity contribution in [1.82, 2.24) is 20.2 Å². The van der Waals surface area contributed by atoms with Crippen LogP contribution in [0.3, 0.4) is 0 Å². The van der Waals surface area contributed by atoms with E-state index in [1.165, 1.54) is 35.6 Å². The van der Waals surface area contributed by atoms with Gasteiger partial charge in [-0.3, -0.25) is 19.3 Å². The van der Waals surface area contributed by atoms with Crippen LogP contribution in [-0.2, 0) is 25.8 Å². The SMILES string of the molecule is CO/N=C(\C(=O)NC1C(=O)N2C(C(=O)[O-])=C(C[n+]3ccc4sc(C=O)nc4c3)CS[C@H]12)c1csc(N)n1. The molecule has 1 fully saturated rings. The molecule has 190 valence electrons. The number of carboxylic acid groups (broad SMARTS) is 1. The van der Waals surface area contributed by atoms with Gasteiger partial charge in [0, 0.05) is 22.8 Å². The van der Waals surface area contributed by atoms with Crippen LogP contribution in [0.25, 0.3) is 10.2 Å². The van der Waals surface area contributed by atoms with Crippen molar-refractivity contribution in [2.45, 2.75) is 18.0 Å². The predicted octanol–water partition coefficient (Wildman–Crippen LogP) is -1.11. The third kappa shape index (κ3) is 4.54. The summed E-state index contributed by atoms with van der Waals surface area (Å²) in [4.78, 5) is 63.1. The lowest BCUT2D eigenvalue weighted by Crippen LogP contribution is -2.71. The van der Waals surface area contributed by atoms with Gasteiger partial charge in [-0.05, 0) is 0 Å². The monoisotopic (exact) mass is 559 g/mol. The van der Waals surface area contributed by atoms with Crippen molar-refractivity contribution in [3.63, 3.8) is 0 Å². The van der Waals surface area contributed by atoms with E-state index in [1.807, 2.05) is 0 Å². The molecule has 2 aliphatic rings. The van der Waals surface area contributed by atoms with Gasteiger partial charge in [0.25, 0.3) is 11.8 Å². The van der Waals surface area contributed by atoms with Crippen LogP contribution in [0.15, 0.2) is 40.3 Å². The Morgan fingerprint density at radius 2 is 2.24 bits per heavy atom. The van der Waals surface area contributed by atoms with Crippen LogP contribution in [-0.4, -0.2) is 68.9 Å². The molecule has 3 aromatic heterocycles. The van der Waals surface area contributed by atoms with Gasteiger partial charge in [0.1, 0.15) is 29.7 Å². The molecule has 2 aliphatic heterocycles. The molecule has 1 unspecified atom stereocenters. The predicted molar refractivity (Wildman–Crippen MR) is 132 cm³/mol. The largest absolute Gasteiger partial charge is 0.543 e. The molecule has 2 amide bonds. The lowest BCUT2D eigenvalue weighted by molar-refractivity contribution is -0.687. The van der Waals surface area contributed by atoms with E-state index in [0.29, 0.717) is 22.4 Å². The standard InChI is InChI=1S/C21H17N7O6S3/c1-34-26-14(11-8-36-21(22)24-11)17(30)25-15-18(31)28-16(20(32)33)9(7-35-19(15)28)4-27-3-2-12-10(5-27)23-13(6-29)37-12/h2-3,5-6,8,15,19H,4,7H2,1H3,(H3-,22,24,25,30,32,33)/b26-14-/t15?,19-/m1/s1. The van der Waals surface area contributed by atoms with Crippen LogP contribution in [0, 0.1) is 0 Å². The molecule has 0 radical (unpaired) electrons. The van der Waals surface area contributed by atoms with Gasteiger partial charge in [-0.1, -0.05) is 5.16 Å². The highest BCUT2D eigenvalue weighted by Gasteiger charge is 2.53. The summed E-state index contributed by atoms with van der Waals surface area (Å²) in [5.74, 6) is -2.51. The van der Waals surface area contributed by atoms with Crippen molar-refractivity contribution >= 4 is 79.6 Å². The number of carboxylic acids is 1. The van der Waals surface area contributed by atoms with Crippen molar-refractivity contribution in [2.24, 2.45) is 5.16 Å². The van der Waals surface area contributed by atoms with Crippen LogP contribution >= 0.6 is 34.4 Å². The molecular formula is C21H17N7O6S3. The number of nitrogens with two attached hydrogens (primary N) is 1. The quantitative estimate of drug-likeness (QED) is 0.113. The van der Waals surface area contributed by atoms with Gasteiger partial charge >= 0.3 is 0 Å². The van der Waals surface area contributed by atoms with Crippen molar-refractivity contribution in [2.75, 3.05) is 18.6 Å². The first-order chi connectivity index (χ1) is 17.8. The summed E-state index contributed by atoms with van der Waals surface area (Å²) in [6.07, 6.45) is 4.12. The van der Waals surface area contributed by atoms with Gasteiger partial charge in [-0.25, -0.2) is 9.97 Å². The Morgan fingerprint density at radius 3 is 2.92 bits per heavy atom. The van der Waals surface area contributed by atoms with Gasteiger partial charge in [0.2, 0.25) is 0 Å². The number of amides is 2. The number of β-lactam (4-membered cyclic amide) rings is 1. The second-order valence-corrected chi connectivity index (χ2v) is 10.9. The average molecular weight is 560 g/mol. The smallest absolute Gasteiger partial charge is 0.276 e. The highest BCUT2D eigenvalue weighted by molar-refractivity contribution is 8.00. The Bertz CT molecular complexity index is 1510. The Kier molecular flexibility index (Phi) is 6.61. The molecule has 3 aromatic rings. The lowest BCUT2D eigenvalue weighted by atomic mass is 10.0. The van der Waals surface area contributed by atoms with E-state index in [4.69, 9.17) is 10.6 Å². The molecule has 2 atom stereocenters. The van der Waals surface area contributed by atoms with E-state index in [0.717, 1.165) is 20.9 Å². The molecule has 3 N–H and O–H groups in total. The Balaban J connectivity index is 1.36. The fourth-order valence-electron chi connectivity index (χ4n) is 4.00. The van der Waals surface area contributed by atoms with Crippen LogP contribution in [0.5, 0.6) is 0 Å². The topological polar surface area (TPSA) is 184 Å². The highest BCUT2D eigenvalue weighted by atomic mass is 32.2. The third-order valence-corrected chi connectivity index (χ3v) is 8.54. The number of thioether (sulfide) groups is 1. The summed E-state index contributed by atoms with van der Waals surface area (Å²) in [6, 6.07) is 0.806. The molecule has 16 heteroatoms. The van der Waals surface area contributed by atoms with Crippen molar-refractivity contribution in [3.05, 3.63) is 45.8 Å². The molecule has 0 saturated carbocycles. The first-order valence-corrected chi connectivity index (χ1v) is 13.3. The lowest BCUT2D eigenvalue weighted by Gasteiger charge is -2.50. The fraction of sp³-hybridized carbons (Fsp3) is 0.238. The summed E-state index contributed by atoms with van der Waals surface area (Å²) < 4.78 is 2.55. The Hall–Kier alpha value is -3.89. The van der Waals surface area contributed by atoms with E-state index in [-0.39, 0.29) is 34.5 Å². The second kappa shape index (κ2) is 9.87. The van der Waals surface area contributed by atoms with Gasteiger partial charge in [-0.2, -0.15) is 4.57 Å². The molecule has 5 heterocycles. The summed E-state index contributed by atoms with van der Waals surface area (Å²) in [6.45, 7) is 0.170. The van der Waals surface area contributed by atoms with Crippen molar-refractivity contribution < 1.29 is 33.7 Å². The molecular weight excluding hydrogens is 542 g/mol. The van der Waals surface area contributed by atoms with E-state index in [2.05, 4.69) is 20.4 Å². The maximum atomic E-state index is 13.0. The highest BCUT2D eigenvalue weighted by Crippen LogP contribution is 2.40. The number of fused-ring (bicyclic) bond motifs is 2. The van der Waals surface area contributed by atoms with Crippen molar-refractivity contribution in [3.8, 4) is 0 Å². The van der Waals surface area contributed by atoms with Crippen LogP contribution < -0.4 is 20.7 Å². The van der Waals surface area contributed by atoms with Gasteiger partial charge in [0.15, 0.2) is 41.1 Å². The minimum Gasteiger partial charge on any atom is -0.543 e. The molecule has 5 rings (SSSR count). The number of carbonyl (C=O) groups excluding carboxylic acids is 4. The normalized spacial score (nSPS) is 19.4. The molecule has 0 bridgehead atoms. The average Bonchev–Trinajstić information content (AvgIpc) is 3.50.